The van der Waals surface area contributed by atoms with Crippen molar-refractivity contribution >= 4 is 0 Å². The largest absolute Gasteiger partial charge is 0.516 e. The van der Waals surface area contributed by atoms with Crippen molar-refractivity contribution in [3.8, 4) is 0 Å². The molecule has 0 amide bonds. The van der Waals surface area contributed by atoms with Crippen molar-refractivity contribution in [2.45, 2.75) is 34.1 Å². The van der Waals surface area contributed by atoms with Gasteiger partial charge in [0.05, 0.1) is 85.2 Å². The van der Waals surface area contributed by atoms with Crippen molar-refractivity contribution in [1.82, 2.24) is 75.3 Å². The molecule has 5 rings (SSSR count). The number of aliphatic hydroxyl groups excluding tert-OH is 5. The molecular formula is C80H157N15O40. The van der Waals surface area contributed by atoms with Crippen LogP contribution >= 0.6 is 0 Å². The smallest absolute Gasteiger partial charge is 0.167 e. The van der Waals surface area contributed by atoms with Crippen LogP contribution in [0.2, 0.25) is 0 Å². The number of hydrogen-bond donors (Lipinski definition) is 11. The number of allylic oxidation sites excluding steroid dienone is 3. The van der Waals surface area contributed by atoms with E-state index in [2.05, 4.69) is 234 Å². The van der Waals surface area contributed by atoms with E-state index in [9.17, 15) is 5.21 Å². The molecule has 0 bridgehead atoms. The summed E-state index contributed by atoms with van der Waals surface area (Å²) >= 11 is 0. The summed E-state index contributed by atoms with van der Waals surface area (Å²) in [7, 11) is 1.81. The molecule has 0 aliphatic carbocycles. The molecule has 55 heteroatoms. The molecule has 5 aliphatic heterocycles. The fourth-order valence-corrected chi connectivity index (χ4v) is 7.14. The Morgan fingerprint density at radius 2 is 0.570 bits per heavy atom. The summed E-state index contributed by atoms with van der Waals surface area (Å²) in [6, 6.07) is 0. The van der Waals surface area contributed by atoms with Gasteiger partial charge in [-0.05, 0) is 61.5 Å². The quantitative estimate of drug-likeness (QED) is 0.00886. The first-order chi connectivity index (χ1) is 66.2. The number of hydroxylamine groups is 22. The van der Waals surface area contributed by atoms with Gasteiger partial charge in [0.1, 0.15) is 177 Å². The lowest BCUT2D eigenvalue weighted by molar-refractivity contribution is -0.669. The Balaban J connectivity index is -0.000000121. The minimum absolute atomic E-state index is 0.0275. The lowest BCUT2D eigenvalue weighted by atomic mass is 10.5. The molecule has 792 valence electrons. The number of aliphatic hydroxyl groups is 5. The van der Waals surface area contributed by atoms with E-state index in [1.165, 1.54) is 62.8 Å². The topological polar surface area (TPSA) is 539 Å². The van der Waals surface area contributed by atoms with Crippen molar-refractivity contribution in [1.29, 1.82) is 0 Å². The van der Waals surface area contributed by atoms with Gasteiger partial charge in [0.25, 0.3) is 0 Å². The minimum Gasteiger partial charge on any atom is -0.516 e. The second-order valence-electron chi connectivity index (χ2n) is 20.1. The van der Waals surface area contributed by atoms with Gasteiger partial charge in [0.15, 0.2) is 18.8 Å². The maximum absolute atomic E-state index is 9.38. The minimum atomic E-state index is -0.0894. The van der Waals surface area contributed by atoms with E-state index in [1.54, 1.807) is 80.6 Å². The summed E-state index contributed by atoms with van der Waals surface area (Å²) in [5, 5.41) is 130. The molecule has 5 fully saturated rings. The Morgan fingerprint density at radius 1 is 0.274 bits per heavy atom. The molecule has 0 radical (unpaired) electrons. The van der Waals surface area contributed by atoms with Crippen molar-refractivity contribution in [3.63, 3.8) is 0 Å². The Kier molecular flexibility index (Phi) is 163. The zero-order valence-corrected chi connectivity index (χ0v) is 79.0. The van der Waals surface area contributed by atoms with Crippen LogP contribution in [0.3, 0.4) is 0 Å². The molecule has 135 heavy (non-hydrogen) atoms. The highest BCUT2D eigenvalue weighted by molar-refractivity contribution is 4.78. The first kappa shape index (κ1) is 153. The van der Waals surface area contributed by atoms with Crippen LogP contribution in [-0.4, -0.2) is 338 Å². The highest BCUT2D eigenvalue weighted by Gasteiger charge is 2.28. The summed E-state index contributed by atoms with van der Waals surface area (Å²) in [6.45, 7) is 89.4. The van der Waals surface area contributed by atoms with Crippen molar-refractivity contribution < 1.29 is 199 Å². The van der Waals surface area contributed by atoms with Crippen LogP contribution in [0.5, 0.6) is 0 Å². The molecule has 0 aromatic carbocycles. The summed E-state index contributed by atoms with van der Waals surface area (Å²) < 4.78 is 10.3. The highest BCUT2D eigenvalue weighted by atomic mass is 17.7. The van der Waals surface area contributed by atoms with Crippen molar-refractivity contribution in [2.24, 2.45) is 0 Å². The molecule has 0 spiro atoms. The normalized spacial score (nSPS) is 14.9. The van der Waals surface area contributed by atoms with Crippen molar-refractivity contribution in [2.75, 3.05) is 206 Å². The van der Waals surface area contributed by atoms with E-state index in [1.807, 2.05) is 25.8 Å². The number of hydrogen-bond acceptors (Lipinski definition) is 55. The second-order valence-corrected chi connectivity index (χ2v) is 20.1. The second kappa shape index (κ2) is 144. The predicted octanol–water partition coefficient (Wildman–Crippen LogP) is 11.7. The van der Waals surface area contributed by atoms with E-state index >= 15 is 0 Å². The summed E-state index contributed by atoms with van der Waals surface area (Å²) in [5.41, 5.74) is 0. The lowest BCUT2D eigenvalue weighted by Crippen LogP contribution is -2.53. The standard InChI is InChI=1S/C14H25N3O14.C14H25N3O11.C14H25N3O8.C8H19N3O4.C4H11N3O2.C2H4O.12C2H4/c1-2-5-22-28-25-10-8-20-16-12-15(3-6-23-29-26-11-9-21-19)13-17(14-16)27-31-30-24-7-4-18;1-2-5-22-24-10-8-20-16-12-15(3-6-23-25-11-9-21-19)13-17(14-16)27-28-26-7-4-18;1-2-5-20-8-10-22-16-12-15(3-6-21-9-11-23-19)13-17(14-16)25-24-7-4-18;1-2-4-14-10-6-9(13)7-11(8-10)15-5-3-12;1-5-2-6(8)4-7(9)3-5;1-2-3;12*1-2/h2-7,18-19H,8-14H2,1H3;2-7,18-19H,8-14H2,1H3;2-7,18-19H,8-14H2,1H3;12-13H,2-8H2,1H3;8-9H,2-4H2,1H3;2-3H,1H2;12*1-2H2/b5-2+,6-3-,7-4-;5-2+,6-3-,7-4+;5-2+,6-3-,7-4-;;;;;;;;;;;;;;;. The molecule has 11 N–H and O–H groups in total. The van der Waals surface area contributed by atoms with Gasteiger partial charge in [-0.15, -0.1) is 178 Å². The van der Waals surface area contributed by atoms with Gasteiger partial charge in [0, 0.05) is 28.7 Å². The highest BCUT2D eigenvalue weighted by Crippen LogP contribution is 2.14. The van der Waals surface area contributed by atoms with Crippen LogP contribution in [0.25, 0.3) is 0 Å². The summed E-state index contributed by atoms with van der Waals surface area (Å²) in [4.78, 5) is 112. The summed E-state index contributed by atoms with van der Waals surface area (Å²) in [6.07, 6.45) is 24.3. The average molecular weight is 1970 g/mol. The molecule has 0 atom stereocenters. The van der Waals surface area contributed by atoms with Gasteiger partial charge in [-0.3, -0.25) is 44.9 Å². The molecular weight excluding hydrogens is 1810 g/mol. The van der Waals surface area contributed by atoms with Gasteiger partial charge in [-0.2, -0.15) is 60.1 Å². The predicted molar refractivity (Wildman–Crippen MR) is 492 cm³/mol. The Labute approximate surface area is 794 Å². The fourth-order valence-electron chi connectivity index (χ4n) is 7.14. The molecule has 0 aromatic heterocycles. The van der Waals surface area contributed by atoms with Gasteiger partial charge < -0.3 is 99.5 Å². The van der Waals surface area contributed by atoms with E-state index in [0.29, 0.717) is 92.0 Å². The van der Waals surface area contributed by atoms with Crippen molar-refractivity contribution in [3.05, 3.63) is 283 Å². The Morgan fingerprint density at radius 3 is 0.993 bits per heavy atom. The molecule has 5 saturated heterocycles. The maximum Gasteiger partial charge on any atom is 0.167 e. The first-order valence-electron chi connectivity index (χ1n) is 38.7. The van der Waals surface area contributed by atoms with E-state index in [-0.39, 0.29) is 126 Å². The third-order valence-electron chi connectivity index (χ3n) is 10.9. The van der Waals surface area contributed by atoms with Crippen LogP contribution in [0, 0.1) is 0 Å². The lowest BCUT2D eigenvalue weighted by Gasteiger charge is -2.38. The Hall–Kier alpha value is -10.5. The SMILES string of the molecule is C/C=C/OCCON1CN(/C=C\OCCOO)CN(OO/C=C\O)C1.C/C=C/OOCCON1CN(/C=C\OOCCOO)CN(OOO/C=C/O)C1.C/C=C/OOOCCON1CN(/C=C\OOOCCOO)CN(OOOO/C=C\O)C1.C=C.C=C.C=C.C=C.C=C.C=C.C=C.C=C.C=C.C=C.C=C.C=C.C=CO.CCCON1CN(O)CN(OCCO)C1.CN1CN(O)CN(O)C1. The van der Waals surface area contributed by atoms with Crippen LogP contribution in [0.15, 0.2) is 283 Å². The van der Waals surface area contributed by atoms with Crippen LogP contribution in [0.4, 0.5) is 0 Å². The third kappa shape index (κ3) is 120. The number of ether oxygens (including phenoxy) is 2. The molecule has 5 heterocycles. The zero-order valence-electron chi connectivity index (χ0n) is 79.0. The van der Waals surface area contributed by atoms with Crippen LogP contribution in [-0.2, 0) is 142 Å². The Bertz CT molecular complexity index is 2490. The number of nitrogens with zero attached hydrogens (tertiary/aromatic N) is 15. The maximum atomic E-state index is 9.38. The molecule has 0 aromatic rings. The van der Waals surface area contributed by atoms with E-state index in [4.69, 9.17) is 125 Å². The zero-order chi connectivity index (χ0) is 106. The average Bonchev–Trinajstić information content (AvgIpc) is 0.852. The van der Waals surface area contributed by atoms with Crippen LogP contribution in [0.1, 0.15) is 34.1 Å². The number of rotatable bonds is 54. The third-order valence-corrected chi connectivity index (χ3v) is 10.9. The van der Waals surface area contributed by atoms with Gasteiger partial charge in [-0.1, -0.05) is 29.6 Å². The van der Waals surface area contributed by atoms with Gasteiger partial charge in [-0.25, -0.2) is 14.7 Å². The van der Waals surface area contributed by atoms with E-state index in [0.717, 1.165) is 46.7 Å². The summed E-state index contributed by atoms with van der Waals surface area (Å²) in [5.74, 6) is 0. The molecule has 55 nitrogen and oxygen atoms in total. The monoisotopic (exact) mass is 1970 g/mol. The van der Waals surface area contributed by atoms with Gasteiger partial charge in [0.2, 0.25) is 0 Å². The fraction of sp³-hybridized carbons (Fsp3) is 0.450. The molecule has 0 saturated carbocycles. The first-order valence-corrected chi connectivity index (χ1v) is 38.7. The van der Waals surface area contributed by atoms with E-state index < -0.39 is 0 Å². The molecule has 0 unspecified atom stereocenters. The van der Waals surface area contributed by atoms with Gasteiger partial charge >= 0.3 is 0 Å². The molecule has 5 aliphatic rings. The van der Waals surface area contributed by atoms with Crippen LogP contribution < -0.4 is 0 Å².